The van der Waals surface area contributed by atoms with Crippen molar-refractivity contribution in [1.82, 2.24) is 19.6 Å². The van der Waals surface area contributed by atoms with Crippen LogP contribution in [0.2, 0.25) is 0 Å². The first kappa shape index (κ1) is 12.3. The van der Waals surface area contributed by atoms with Gasteiger partial charge in [-0.25, -0.2) is 9.97 Å². The molecular formula is C15H14FN5. The molecule has 3 aromatic rings. The Morgan fingerprint density at radius 3 is 2.90 bits per heavy atom. The number of nitrogens with zero attached hydrogens (tertiary/aromatic N) is 5. The summed E-state index contributed by atoms with van der Waals surface area (Å²) in [5, 5.41) is 4.32. The molecule has 4 rings (SSSR count). The van der Waals surface area contributed by atoms with Crippen molar-refractivity contribution in [2.24, 2.45) is 0 Å². The van der Waals surface area contributed by atoms with E-state index in [9.17, 15) is 4.39 Å². The third-order valence-corrected chi connectivity index (χ3v) is 4.00. The highest BCUT2D eigenvalue weighted by atomic mass is 19.1. The van der Waals surface area contributed by atoms with Crippen LogP contribution in [0.25, 0.3) is 5.65 Å². The molecule has 0 spiro atoms. The number of halogens is 1. The van der Waals surface area contributed by atoms with Gasteiger partial charge in [0, 0.05) is 37.5 Å². The molecule has 6 heteroatoms. The Morgan fingerprint density at radius 2 is 2.05 bits per heavy atom. The van der Waals surface area contributed by atoms with Crippen molar-refractivity contribution in [2.45, 2.75) is 12.3 Å². The van der Waals surface area contributed by atoms with Crippen molar-refractivity contribution in [2.75, 3.05) is 18.0 Å². The van der Waals surface area contributed by atoms with Gasteiger partial charge in [0.05, 0.1) is 6.20 Å². The minimum absolute atomic E-state index is 0.372. The van der Waals surface area contributed by atoms with Crippen molar-refractivity contribution in [3.8, 4) is 0 Å². The van der Waals surface area contributed by atoms with E-state index in [1.807, 2.05) is 22.7 Å². The summed E-state index contributed by atoms with van der Waals surface area (Å²) < 4.78 is 14.8. The molecule has 1 aliphatic rings. The SMILES string of the molecule is Fc1ccc(C2CCN(c3ccnc4ccnn34)C2)cn1. The second-order valence-corrected chi connectivity index (χ2v) is 5.25. The van der Waals surface area contributed by atoms with Crippen LogP contribution in [0.5, 0.6) is 0 Å². The highest BCUT2D eigenvalue weighted by molar-refractivity contribution is 5.50. The zero-order valence-electron chi connectivity index (χ0n) is 11.4. The molecule has 1 unspecified atom stereocenters. The molecule has 1 fully saturated rings. The Hall–Kier alpha value is -2.50. The maximum atomic E-state index is 12.9. The van der Waals surface area contributed by atoms with E-state index < -0.39 is 5.95 Å². The van der Waals surface area contributed by atoms with Crippen LogP contribution in [0.15, 0.2) is 42.9 Å². The van der Waals surface area contributed by atoms with Gasteiger partial charge < -0.3 is 4.90 Å². The Morgan fingerprint density at radius 1 is 1.10 bits per heavy atom. The van der Waals surface area contributed by atoms with E-state index in [0.717, 1.165) is 36.5 Å². The fourth-order valence-electron chi connectivity index (χ4n) is 2.93. The smallest absolute Gasteiger partial charge is 0.212 e. The van der Waals surface area contributed by atoms with E-state index in [0.29, 0.717) is 5.92 Å². The van der Waals surface area contributed by atoms with Crippen molar-refractivity contribution in [3.05, 3.63) is 54.4 Å². The summed E-state index contributed by atoms with van der Waals surface area (Å²) >= 11 is 0. The minimum Gasteiger partial charge on any atom is -0.356 e. The first-order valence-corrected chi connectivity index (χ1v) is 6.96. The lowest BCUT2D eigenvalue weighted by atomic mass is 10.0. The summed E-state index contributed by atoms with van der Waals surface area (Å²) in [4.78, 5) is 10.3. The van der Waals surface area contributed by atoms with Crippen molar-refractivity contribution in [3.63, 3.8) is 0 Å². The van der Waals surface area contributed by atoms with Gasteiger partial charge >= 0.3 is 0 Å². The molecule has 1 saturated heterocycles. The zero-order chi connectivity index (χ0) is 14.2. The molecule has 0 saturated carbocycles. The lowest BCUT2D eigenvalue weighted by molar-refractivity contribution is 0.580. The first-order chi connectivity index (χ1) is 10.3. The fourth-order valence-corrected chi connectivity index (χ4v) is 2.93. The van der Waals surface area contributed by atoms with Crippen LogP contribution in [0.3, 0.4) is 0 Å². The van der Waals surface area contributed by atoms with Crippen LogP contribution in [0.1, 0.15) is 17.9 Å². The summed E-state index contributed by atoms with van der Waals surface area (Å²) in [6.07, 6.45) is 6.22. The van der Waals surface area contributed by atoms with Gasteiger partial charge in [0.1, 0.15) is 5.82 Å². The predicted molar refractivity (Wildman–Crippen MR) is 76.8 cm³/mol. The van der Waals surface area contributed by atoms with E-state index in [2.05, 4.69) is 20.0 Å². The maximum absolute atomic E-state index is 12.9. The van der Waals surface area contributed by atoms with Crippen LogP contribution in [0, 0.1) is 5.95 Å². The molecule has 1 aliphatic heterocycles. The lowest BCUT2D eigenvalue weighted by Crippen LogP contribution is -2.22. The average molecular weight is 283 g/mol. The number of pyridine rings is 1. The lowest BCUT2D eigenvalue weighted by Gasteiger charge is -2.19. The second kappa shape index (κ2) is 4.80. The van der Waals surface area contributed by atoms with Crippen LogP contribution >= 0.6 is 0 Å². The van der Waals surface area contributed by atoms with Gasteiger partial charge in [0.2, 0.25) is 5.95 Å². The molecule has 21 heavy (non-hydrogen) atoms. The largest absolute Gasteiger partial charge is 0.356 e. The fraction of sp³-hybridized carbons (Fsp3) is 0.267. The molecule has 0 radical (unpaired) electrons. The van der Waals surface area contributed by atoms with Crippen molar-refractivity contribution < 1.29 is 4.39 Å². The van der Waals surface area contributed by atoms with Crippen LogP contribution < -0.4 is 4.90 Å². The molecule has 106 valence electrons. The number of fused-ring (bicyclic) bond motifs is 1. The molecule has 0 aromatic carbocycles. The summed E-state index contributed by atoms with van der Waals surface area (Å²) in [6, 6.07) is 7.12. The molecule has 0 N–H and O–H groups in total. The molecular weight excluding hydrogens is 269 g/mol. The highest BCUT2D eigenvalue weighted by Gasteiger charge is 2.25. The number of aromatic nitrogens is 4. The van der Waals surface area contributed by atoms with Crippen molar-refractivity contribution in [1.29, 1.82) is 0 Å². The molecule has 0 bridgehead atoms. The molecule has 0 aliphatic carbocycles. The molecule has 5 nitrogen and oxygen atoms in total. The third-order valence-electron chi connectivity index (χ3n) is 4.00. The topological polar surface area (TPSA) is 46.3 Å². The zero-order valence-corrected chi connectivity index (χ0v) is 11.4. The molecule has 1 atom stereocenters. The summed E-state index contributed by atoms with van der Waals surface area (Å²) in [5.41, 5.74) is 1.93. The van der Waals surface area contributed by atoms with Crippen LogP contribution in [-0.4, -0.2) is 32.7 Å². The summed E-state index contributed by atoms with van der Waals surface area (Å²) in [6.45, 7) is 1.83. The van der Waals surface area contributed by atoms with E-state index in [4.69, 9.17) is 0 Å². The maximum Gasteiger partial charge on any atom is 0.212 e. The van der Waals surface area contributed by atoms with E-state index in [1.54, 1.807) is 18.6 Å². The van der Waals surface area contributed by atoms with Gasteiger partial charge in [-0.3, -0.25) is 0 Å². The van der Waals surface area contributed by atoms with Gasteiger partial charge in [-0.2, -0.15) is 14.0 Å². The Labute approximate surface area is 121 Å². The highest BCUT2D eigenvalue weighted by Crippen LogP contribution is 2.30. The minimum atomic E-state index is -0.430. The number of hydrogen-bond acceptors (Lipinski definition) is 4. The summed E-state index contributed by atoms with van der Waals surface area (Å²) in [5.74, 6) is 0.987. The quantitative estimate of drug-likeness (QED) is 0.677. The number of rotatable bonds is 2. The van der Waals surface area contributed by atoms with Gasteiger partial charge in [0.25, 0.3) is 0 Å². The van der Waals surface area contributed by atoms with E-state index in [-0.39, 0.29) is 0 Å². The van der Waals surface area contributed by atoms with E-state index >= 15 is 0 Å². The molecule has 4 heterocycles. The molecule has 3 aromatic heterocycles. The Kier molecular flexibility index (Phi) is 2.80. The van der Waals surface area contributed by atoms with E-state index in [1.165, 1.54) is 6.07 Å². The number of anilines is 1. The second-order valence-electron chi connectivity index (χ2n) is 5.25. The third kappa shape index (κ3) is 2.12. The van der Waals surface area contributed by atoms with Gasteiger partial charge in [-0.15, -0.1) is 0 Å². The van der Waals surface area contributed by atoms with Gasteiger partial charge in [-0.1, -0.05) is 6.07 Å². The van der Waals surface area contributed by atoms with Crippen LogP contribution in [-0.2, 0) is 0 Å². The molecule has 0 amide bonds. The summed E-state index contributed by atoms with van der Waals surface area (Å²) in [7, 11) is 0. The normalized spacial score (nSPS) is 18.5. The Balaban J connectivity index is 1.61. The van der Waals surface area contributed by atoms with Gasteiger partial charge in [0.15, 0.2) is 5.65 Å². The first-order valence-electron chi connectivity index (χ1n) is 6.96. The van der Waals surface area contributed by atoms with Gasteiger partial charge in [-0.05, 0) is 24.1 Å². The monoisotopic (exact) mass is 283 g/mol. The number of hydrogen-bond donors (Lipinski definition) is 0. The van der Waals surface area contributed by atoms with Crippen LogP contribution in [0.4, 0.5) is 10.2 Å². The average Bonchev–Trinajstić information content (AvgIpc) is 3.16. The standard InChI is InChI=1S/C15H14FN5/c16-13-2-1-11(9-18-13)12-5-8-20(10-12)15-4-6-17-14-3-7-19-21(14)15/h1-4,6-7,9,12H,5,8,10H2. The Bertz CT molecular complexity index is 767. The predicted octanol–water partition coefficient (Wildman–Crippen LogP) is 2.26. The van der Waals surface area contributed by atoms with Crippen molar-refractivity contribution >= 4 is 11.5 Å².